The van der Waals surface area contributed by atoms with E-state index in [1.807, 2.05) is 6.92 Å². The van der Waals surface area contributed by atoms with E-state index in [9.17, 15) is 18.4 Å². The van der Waals surface area contributed by atoms with Crippen molar-refractivity contribution in [3.63, 3.8) is 0 Å². The van der Waals surface area contributed by atoms with E-state index < -0.39 is 6.61 Å². The molecular formula is C22H24F2N2O4. The second-order valence-corrected chi connectivity index (χ2v) is 6.27. The normalized spacial score (nSPS) is 10.9. The summed E-state index contributed by atoms with van der Waals surface area (Å²) in [6, 6.07) is 9.64. The molecular weight excluding hydrogens is 394 g/mol. The molecule has 2 rings (SSSR count). The number of carbonyl (C=O) groups is 2. The first kappa shape index (κ1) is 22.9. The minimum absolute atomic E-state index is 0.0741. The number of carbonyl (C=O) groups excluding carboxylic acids is 2. The number of aryl methyl sites for hydroxylation is 1. The standard InChI is InChI=1S/C22H24F2N2O4/c1-4-20(27)25-16-9-6-14(3)17(13-16)26-21(28)11-8-15-7-10-18(30-22(23)24)19(12-15)29-5-2/h6-13,22H,4-5H2,1-3H3,(H,25,27)(H,26,28)/b11-8+. The van der Waals surface area contributed by atoms with Crippen molar-refractivity contribution >= 4 is 29.3 Å². The molecule has 2 aromatic carbocycles. The molecule has 0 saturated heterocycles. The number of rotatable bonds is 9. The molecule has 30 heavy (non-hydrogen) atoms. The molecule has 0 spiro atoms. The highest BCUT2D eigenvalue weighted by molar-refractivity contribution is 6.03. The van der Waals surface area contributed by atoms with E-state index >= 15 is 0 Å². The lowest BCUT2D eigenvalue weighted by Gasteiger charge is -2.12. The summed E-state index contributed by atoms with van der Waals surface area (Å²) in [4.78, 5) is 23.9. The van der Waals surface area contributed by atoms with Gasteiger partial charge in [-0.15, -0.1) is 0 Å². The lowest BCUT2D eigenvalue weighted by Crippen LogP contribution is -2.12. The van der Waals surface area contributed by atoms with Crippen LogP contribution in [0.25, 0.3) is 6.08 Å². The van der Waals surface area contributed by atoms with Crippen molar-refractivity contribution in [2.75, 3.05) is 17.2 Å². The van der Waals surface area contributed by atoms with Gasteiger partial charge in [-0.2, -0.15) is 8.78 Å². The topological polar surface area (TPSA) is 76.7 Å². The van der Waals surface area contributed by atoms with E-state index in [0.29, 0.717) is 23.4 Å². The fourth-order valence-corrected chi connectivity index (χ4v) is 2.52. The number of benzene rings is 2. The van der Waals surface area contributed by atoms with Crippen LogP contribution in [-0.4, -0.2) is 25.0 Å². The van der Waals surface area contributed by atoms with Crippen LogP contribution >= 0.6 is 0 Å². The zero-order valence-electron chi connectivity index (χ0n) is 17.0. The Morgan fingerprint density at radius 2 is 1.83 bits per heavy atom. The number of nitrogens with one attached hydrogen (secondary N) is 2. The fourth-order valence-electron chi connectivity index (χ4n) is 2.52. The van der Waals surface area contributed by atoms with Crippen LogP contribution in [0.3, 0.4) is 0 Å². The average molecular weight is 418 g/mol. The van der Waals surface area contributed by atoms with E-state index in [2.05, 4.69) is 15.4 Å². The molecule has 0 fully saturated rings. The van der Waals surface area contributed by atoms with E-state index in [4.69, 9.17) is 4.74 Å². The fraction of sp³-hybridized carbons (Fsp3) is 0.273. The first-order chi connectivity index (χ1) is 14.3. The number of hydrogen-bond donors (Lipinski definition) is 2. The first-order valence-corrected chi connectivity index (χ1v) is 9.43. The van der Waals surface area contributed by atoms with E-state index in [1.165, 1.54) is 30.4 Å². The number of alkyl halides is 2. The number of hydrogen-bond acceptors (Lipinski definition) is 4. The Bertz CT molecular complexity index is 929. The van der Waals surface area contributed by atoms with Crippen molar-refractivity contribution in [1.82, 2.24) is 0 Å². The second kappa shape index (κ2) is 10.9. The molecule has 0 aliphatic carbocycles. The molecule has 2 N–H and O–H groups in total. The van der Waals surface area contributed by atoms with Gasteiger partial charge in [0, 0.05) is 23.9 Å². The molecule has 0 aliphatic heterocycles. The molecule has 8 heteroatoms. The number of ether oxygens (including phenoxy) is 2. The van der Waals surface area contributed by atoms with Crippen LogP contribution in [0, 0.1) is 6.92 Å². The minimum atomic E-state index is -2.96. The van der Waals surface area contributed by atoms with Crippen LogP contribution in [0.2, 0.25) is 0 Å². The van der Waals surface area contributed by atoms with E-state index in [0.717, 1.165) is 5.56 Å². The summed E-state index contributed by atoms with van der Waals surface area (Å²) in [5.41, 5.74) is 2.56. The van der Waals surface area contributed by atoms with Crippen molar-refractivity contribution < 1.29 is 27.8 Å². The summed E-state index contributed by atoms with van der Waals surface area (Å²) in [6.07, 6.45) is 3.20. The number of halogens is 2. The average Bonchev–Trinajstić information content (AvgIpc) is 2.70. The van der Waals surface area contributed by atoms with Gasteiger partial charge in [0.1, 0.15) is 0 Å². The van der Waals surface area contributed by atoms with Gasteiger partial charge in [-0.1, -0.05) is 19.1 Å². The maximum absolute atomic E-state index is 12.5. The lowest BCUT2D eigenvalue weighted by molar-refractivity contribution is -0.116. The monoisotopic (exact) mass is 418 g/mol. The molecule has 0 aliphatic rings. The smallest absolute Gasteiger partial charge is 0.387 e. The van der Waals surface area contributed by atoms with Gasteiger partial charge in [0.25, 0.3) is 0 Å². The van der Waals surface area contributed by atoms with Gasteiger partial charge in [-0.05, 0) is 55.3 Å². The van der Waals surface area contributed by atoms with Crippen molar-refractivity contribution in [2.24, 2.45) is 0 Å². The predicted molar refractivity (Wildman–Crippen MR) is 112 cm³/mol. The van der Waals surface area contributed by atoms with Gasteiger partial charge >= 0.3 is 6.61 Å². The summed E-state index contributed by atoms with van der Waals surface area (Å²) >= 11 is 0. The number of anilines is 2. The van der Waals surface area contributed by atoms with Crippen molar-refractivity contribution in [1.29, 1.82) is 0 Å². The van der Waals surface area contributed by atoms with Crippen LogP contribution in [0.1, 0.15) is 31.4 Å². The van der Waals surface area contributed by atoms with E-state index in [1.54, 1.807) is 32.0 Å². The Kier molecular flexibility index (Phi) is 8.34. The van der Waals surface area contributed by atoms with Crippen LogP contribution in [-0.2, 0) is 9.59 Å². The Morgan fingerprint density at radius 3 is 2.50 bits per heavy atom. The van der Waals surface area contributed by atoms with Gasteiger partial charge in [0.15, 0.2) is 11.5 Å². The summed E-state index contributed by atoms with van der Waals surface area (Å²) in [5, 5.41) is 5.50. The summed E-state index contributed by atoms with van der Waals surface area (Å²) in [7, 11) is 0. The zero-order valence-corrected chi connectivity index (χ0v) is 17.0. The Balaban J connectivity index is 2.11. The summed E-state index contributed by atoms with van der Waals surface area (Å²) < 4.78 is 34.7. The maximum atomic E-state index is 12.5. The molecule has 2 aromatic rings. The third-order valence-electron chi connectivity index (χ3n) is 4.01. The highest BCUT2D eigenvalue weighted by atomic mass is 19.3. The lowest BCUT2D eigenvalue weighted by atomic mass is 10.1. The summed E-state index contributed by atoms with van der Waals surface area (Å²) in [6.45, 7) is 2.62. The molecule has 160 valence electrons. The molecule has 0 aromatic heterocycles. The summed E-state index contributed by atoms with van der Waals surface area (Å²) in [5.74, 6) is -0.422. The van der Waals surface area contributed by atoms with Crippen LogP contribution in [0.15, 0.2) is 42.5 Å². The Labute approximate surface area is 173 Å². The zero-order chi connectivity index (χ0) is 22.1. The highest BCUT2D eigenvalue weighted by Gasteiger charge is 2.11. The van der Waals surface area contributed by atoms with Gasteiger partial charge in [-0.25, -0.2) is 0 Å². The van der Waals surface area contributed by atoms with Crippen LogP contribution < -0.4 is 20.1 Å². The van der Waals surface area contributed by atoms with Crippen LogP contribution in [0.5, 0.6) is 11.5 Å². The van der Waals surface area contributed by atoms with Crippen molar-refractivity contribution in [3.8, 4) is 11.5 Å². The SMILES string of the molecule is CCOc1cc(/C=C/C(=O)Nc2cc(NC(=O)CC)ccc2C)ccc1OC(F)F. The van der Waals surface area contributed by atoms with Gasteiger partial charge in [0.05, 0.1) is 6.61 Å². The van der Waals surface area contributed by atoms with Crippen molar-refractivity contribution in [2.45, 2.75) is 33.8 Å². The van der Waals surface area contributed by atoms with Gasteiger partial charge in [0.2, 0.25) is 11.8 Å². The number of amides is 2. The molecule has 0 saturated carbocycles. The van der Waals surface area contributed by atoms with Gasteiger partial charge < -0.3 is 20.1 Å². The highest BCUT2D eigenvalue weighted by Crippen LogP contribution is 2.30. The second-order valence-electron chi connectivity index (χ2n) is 6.27. The molecule has 0 radical (unpaired) electrons. The maximum Gasteiger partial charge on any atom is 0.387 e. The molecule has 0 bridgehead atoms. The van der Waals surface area contributed by atoms with Crippen molar-refractivity contribution in [3.05, 3.63) is 53.6 Å². The first-order valence-electron chi connectivity index (χ1n) is 9.43. The van der Waals surface area contributed by atoms with E-state index in [-0.39, 0.29) is 29.9 Å². The predicted octanol–water partition coefficient (Wildman–Crippen LogP) is 5.00. The quantitative estimate of drug-likeness (QED) is 0.562. The minimum Gasteiger partial charge on any atom is -0.490 e. The van der Waals surface area contributed by atoms with Gasteiger partial charge in [-0.3, -0.25) is 9.59 Å². The Morgan fingerprint density at radius 1 is 1.07 bits per heavy atom. The molecule has 6 nitrogen and oxygen atoms in total. The third kappa shape index (κ3) is 6.88. The molecule has 0 atom stereocenters. The molecule has 2 amide bonds. The van der Waals surface area contributed by atoms with Crippen LogP contribution in [0.4, 0.5) is 20.2 Å². The Hall–Kier alpha value is -3.42. The molecule has 0 unspecified atom stereocenters. The molecule has 0 heterocycles. The largest absolute Gasteiger partial charge is 0.490 e. The third-order valence-corrected chi connectivity index (χ3v) is 4.01.